The van der Waals surface area contributed by atoms with Crippen LogP contribution in [0.2, 0.25) is 0 Å². The molecule has 1 fully saturated rings. The second kappa shape index (κ2) is 9.51. The third-order valence-corrected chi connectivity index (χ3v) is 7.27. The molecule has 0 saturated carbocycles. The molecule has 1 amide bonds. The Bertz CT molecular complexity index is 961. The van der Waals surface area contributed by atoms with Gasteiger partial charge in [0.15, 0.2) is 0 Å². The molecule has 0 aliphatic carbocycles. The summed E-state index contributed by atoms with van der Waals surface area (Å²) in [5, 5.41) is 7.87. The number of amides is 1. The minimum absolute atomic E-state index is 0.0300. The lowest BCUT2D eigenvalue weighted by Gasteiger charge is -2.36. The number of fused-ring (bicyclic) bond motifs is 1. The quantitative estimate of drug-likeness (QED) is 0.574. The molecule has 10 heteroatoms. The molecule has 2 aliphatic heterocycles. The summed E-state index contributed by atoms with van der Waals surface area (Å²) in [7, 11) is -3.21. The van der Waals surface area contributed by atoms with E-state index in [2.05, 4.69) is 5.32 Å². The van der Waals surface area contributed by atoms with Gasteiger partial charge in [0.2, 0.25) is 0 Å². The summed E-state index contributed by atoms with van der Waals surface area (Å²) in [4.78, 5) is 24.9. The smallest absolute Gasteiger partial charge is 0.306 e. The Morgan fingerprint density at radius 1 is 1.31 bits per heavy atom. The molecular weight excluding hydrogens is 434 g/mol. The van der Waals surface area contributed by atoms with Crippen LogP contribution in [0.25, 0.3) is 0 Å². The average molecular weight is 470 g/mol. The van der Waals surface area contributed by atoms with Gasteiger partial charge in [-0.3, -0.25) is 14.3 Å². The van der Waals surface area contributed by atoms with Crippen LogP contribution in [0.15, 0.2) is 0 Å². The van der Waals surface area contributed by atoms with Crippen molar-refractivity contribution >= 4 is 21.7 Å². The van der Waals surface area contributed by atoms with Gasteiger partial charge in [0.05, 0.1) is 24.5 Å². The van der Waals surface area contributed by atoms with Gasteiger partial charge in [0, 0.05) is 50.0 Å². The fraction of sp³-hybridized carbons (Fsp3) is 0.773. The van der Waals surface area contributed by atoms with Gasteiger partial charge in [-0.15, -0.1) is 0 Å². The van der Waals surface area contributed by atoms with Crippen molar-refractivity contribution in [2.24, 2.45) is 10.8 Å². The Hall–Kier alpha value is -1.94. The highest BCUT2D eigenvalue weighted by molar-refractivity contribution is 7.90. The molecule has 0 aromatic carbocycles. The van der Waals surface area contributed by atoms with Crippen LogP contribution in [0.4, 0.5) is 0 Å². The number of aryl methyl sites for hydroxylation is 1. The number of ether oxygens (including phenoxy) is 2. The summed E-state index contributed by atoms with van der Waals surface area (Å²) in [5.41, 5.74) is 2.03. The number of aromatic nitrogens is 2. The molecule has 0 bridgehead atoms. The topological polar surface area (TPSA) is 117 Å². The van der Waals surface area contributed by atoms with E-state index in [1.165, 1.54) is 0 Å². The number of sulfone groups is 1. The van der Waals surface area contributed by atoms with E-state index in [-0.39, 0.29) is 30.1 Å². The highest BCUT2D eigenvalue weighted by atomic mass is 32.2. The van der Waals surface area contributed by atoms with Crippen molar-refractivity contribution in [1.29, 1.82) is 0 Å². The van der Waals surface area contributed by atoms with Gasteiger partial charge in [-0.05, 0) is 31.6 Å². The normalized spacial score (nSPS) is 18.7. The predicted molar refractivity (Wildman–Crippen MR) is 119 cm³/mol. The number of carbonyl (C=O) groups excluding carboxylic acids is 2. The molecule has 2 aliphatic rings. The van der Waals surface area contributed by atoms with E-state index in [1.807, 2.05) is 20.8 Å². The van der Waals surface area contributed by atoms with Crippen LogP contribution in [0.1, 0.15) is 61.8 Å². The van der Waals surface area contributed by atoms with Crippen molar-refractivity contribution in [3.63, 3.8) is 0 Å². The summed E-state index contributed by atoms with van der Waals surface area (Å²) < 4.78 is 35.2. The number of nitrogens with zero attached hydrogens (tertiary/aromatic N) is 2. The van der Waals surface area contributed by atoms with Crippen LogP contribution in [0, 0.1) is 10.8 Å². The van der Waals surface area contributed by atoms with Gasteiger partial charge in [-0.2, -0.15) is 5.10 Å². The van der Waals surface area contributed by atoms with Crippen LogP contribution in [-0.2, 0) is 43.5 Å². The molecular formula is C22H35N3O6S. The molecule has 1 saturated heterocycles. The largest absolute Gasteiger partial charge is 0.465 e. The van der Waals surface area contributed by atoms with Gasteiger partial charge in [-0.1, -0.05) is 13.8 Å². The van der Waals surface area contributed by atoms with E-state index in [1.54, 1.807) is 4.68 Å². The first kappa shape index (κ1) is 24.7. The molecule has 1 aromatic heterocycles. The molecule has 32 heavy (non-hydrogen) atoms. The molecule has 180 valence electrons. The van der Waals surface area contributed by atoms with Crippen molar-refractivity contribution < 1.29 is 27.5 Å². The average Bonchev–Trinajstić information content (AvgIpc) is 2.98. The first-order chi connectivity index (χ1) is 14.9. The summed E-state index contributed by atoms with van der Waals surface area (Å²) in [6, 6.07) is 0. The van der Waals surface area contributed by atoms with Crippen LogP contribution in [0.5, 0.6) is 0 Å². The van der Waals surface area contributed by atoms with Crippen LogP contribution < -0.4 is 5.32 Å². The molecule has 3 rings (SSSR count). The zero-order chi connectivity index (χ0) is 23.6. The fourth-order valence-corrected chi connectivity index (χ4v) is 4.96. The van der Waals surface area contributed by atoms with E-state index in [9.17, 15) is 18.0 Å². The molecule has 1 N–H and O–H groups in total. The molecule has 3 heterocycles. The van der Waals surface area contributed by atoms with Crippen molar-refractivity contribution in [1.82, 2.24) is 15.1 Å². The Morgan fingerprint density at radius 3 is 2.62 bits per heavy atom. The van der Waals surface area contributed by atoms with E-state index in [0.29, 0.717) is 38.4 Å². The first-order valence-corrected chi connectivity index (χ1v) is 13.3. The van der Waals surface area contributed by atoms with Gasteiger partial charge in [0.1, 0.15) is 15.5 Å². The maximum Gasteiger partial charge on any atom is 0.306 e. The minimum Gasteiger partial charge on any atom is -0.465 e. The summed E-state index contributed by atoms with van der Waals surface area (Å²) >= 11 is 0. The number of hydrogen-bond acceptors (Lipinski definition) is 7. The third-order valence-electron chi connectivity index (χ3n) is 6.32. The number of esters is 1. The number of carbonyl (C=O) groups is 2. The zero-order valence-electron chi connectivity index (χ0n) is 19.5. The summed E-state index contributed by atoms with van der Waals surface area (Å²) in [6.45, 7) is 8.68. The Balaban J connectivity index is 1.78. The van der Waals surface area contributed by atoms with Crippen molar-refractivity contribution in [2.75, 3.05) is 38.4 Å². The van der Waals surface area contributed by atoms with Gasteiger partial charge >= 0.3 is 5.97 Å². The Morgan fingerprint density at radius 2 is 2.00 bits per heavy atom. The van der Waals surface area contributed by atoms with Crippen LogP contribution in [0.3, 0.4) is 0 Å². The SMILES string of the molecule is CCn1nc(CC(C)(C)COC(=O)CCS(C)(=O)=O)c2c1C(=O)NCC1(CCOCC1)C2. The molecule has 9 nitrogen and oxygen atoms in total. The van der Waals surface area contributed by atoms with Crippen molar-refractivity contribution in [3.8, 4) is 0 Å². The van der Waals surface area contributed by atoms with Crippen LogP contribution >= 0.6 is 0 Å². The van der Waals surface area contributed by atoms with Gasteiger partial charge in [0.25, 0.3) is 5.91 Å². The van der Waals surface area contributed by atoms with E-state index >= 15 is 0 Å². The standard InChI is InChI=1S/C22H35N3O6S/c1-5-25-19-16(12-22(14-23-20(19)27)7-9-30-10-8-22)17(24-25)13-21(2,3)15-31-18(26)6-11-32(4,28)29/h5-15H2,1-4H3,(H,23,27). The fourth-order valence-electron chi connectivity index (χ4n) is 4.43. The molecule has 1 aromatic rings. The number of hydrogen-bond donors (Lipinski definition) is 1. The highest BCUT2D eigenvalue weighted by Gasteiger charge is 2.40. The zero-order valence-corrected chi connectivity index (χ0v) is 20.3. The molecule has 0 radical (unpaired) electrons. The van der Waals surface area contributed by atoms with Crippen LogP contribution in [-0.4, -0.2) is 68.4 Å². The second-order valence-corrected chi connectivity index (χ2v) is 12.2. The van der Waals surface area contributed by atoms with Crippen molar-refractivity contribution in [2.45, 2.75) is 59.4 Å². The monoisotopic (exact) mass is 469 g/mol. The molecule has 1 spiro atoms. The predicted octanol–water partition coefficient (Wildman–Crippen LogP) is 1.53. The maximum absolute atomic E-state index is 12.9. The van der Waals surface area contributed by atoms with E-state index in [4.69, 9.17) is 14.6 Å². The summed E-state index contributed by atoms with van der Waals surface area (Å²) in [6.07, 6.45) is 4.04. The lowest BCUT2D eigenvalue weighted by Crippen LogP contribution is -2.40. The first-order valence-electron chi connectivity index (χ1n) is 11.2. The number of rotatable bonds is 8. The Kier molecular flexibility index (Phi) is 7.34. The lowest BCUT2D eigenvalue weighted by molar-refractivity contribution is -0.146. The second-order valence-electron chi connectivity index (χ2n) is 9.94. The minimum atomic E-state index is -3.21. The lowest BCUT2D eigenvalue weighted by atomic mass is 9.74. The van der Waals surface area contributed by atoms with Gasteiger partial charge < -0.3 is 14.8 Å². The number of nitrogens with one attached hydrogen (secondary N) is 1. The highest BCUT2D eigenvalue weighted by Crippen LogP contribution is 2.38. The Labute approximate surface area is 190 Å². The van der Waals surface area contributed by atoms with Gasteiger partial charge in [-0.25, -0.2) is 8.42 Å². The molecule has 0 unspecified atom stereocenters. The summed E-state index contributed by atoms with van der Waals surface area (Å²) in [5.74, 6) is -0.836. The maximum atomic E-state index is 12.9. The van der Waals surface area contributed by atoms with Crippen molar-refractivity contribution in [3.05, 3.63) is 17.0 Å². The van der Waals surface area contributed by atoms with E-state index in [0.717, 1.165) is 36.8 Å². The third kappa shape index (κ3) is 6.10. The molecule has 0 atom stereocenters. The van der Waals surface area contributed by atoms with E-state index < -0.39 is 21.2 Å².